The first kappa shape index (κ1) is 22.4. The SMILES string of the molecule is Cc1noc(-c2ccc3nc(Nc4cc(CN5CCN(c6cncc(Cl)n6)CC5)ccn4)[nH]c3c2)n1. The van der Waals surface area contributed by atoms with E-state index in [-0.39, 0.29) is 0 Å². The summed E-state index contributed by atoms with van der Waals surface area (Å²) in [4.78, 5) is 29.8. The molecule has 1 aliphatic rings. The van der Waals surface area contributed by atoms with Crippen molar-refractivity contribution >= 4 is 40.2 Å². The van der Waals surface area contributed by atoms with Crippen molar-refractivity contribution < 1.29 is 4.52 Å². The number of nitrogens with one attached hydrogen (secondary N) is 2. The fourth-order valence-electron chi connectivity index (χ4n) is 4.26. The first-order valence-electron chi connectivity index (χ1n) is 11.6. The summed E-state index contributed by atoms with van der Waals surface area (Å²) >= 11 is 5.99. The molecule has 1 fully saturated rings. The average Bonchev–Trinajstić information content (AvgIpc) is 3.49. The highest BCUT2D eigenvalue weighted by molar-refractivity contribution is 6.29. The Labute approximate surface area is 211 Å². The van der Waals surface area contributed by atoms with Gasteiger partial charge in [0, 0.05) is 44.5 Å². The maximum absolute atomic E-state index is 5.99. The van der Waals surface area contributed by atoms with Crippen LogP contribution in [0.25, 0.3) is 22.5 Å². The van der Waals surface area contributed by atoms with E-state index in [0.29, 0.717) is 22.8 Å². The highest BCUT2D eigenvalue weighted by atomic mass is 35.5. The Balaban J connectivity index is 1.10. The third-order valence-electron chi connectivity index (χ3n) is 6.02. The van der Waals surface area contributed by atoms with Crippen molar-refractivity contribution in [2.24, 2.45) is 0 Å². The summed E-state index contributed by atoms with van der Waals surface area (Å²) in [5.41, 5.74) is 3.70. The number of H-pyrrole nitrogens is 1. The summed E-state index contributed by atoms with van der Waals surface area (Å²) in [6, 6.07) is 9.87. The molecule has 36 heavy (non-hydrogen) atoms. The van der Waals surface area contributed by atoms with Crippen molar-refractivity contribution in [1.82, 2.24) is 40.0 Å². The number of rotatable bonds is 6. The minimum absolute atomic E-state index is 0.415. The Kier molecular flexibility index (Phi) is 5.91. The van der Waals surface area contributed by atoms with Crippen LogP contribution in [-0.4, -0.2) is 66.1 Å². The van der Waals surface area contributed by atoms with Crippen LogP contribution in [0.3, 0.4) is 0 Å². The number of aryl methyl sites for hydroxylation is 1. The number of piperazine rings is 1. The van der Waals surface area contributed by atoms with Gasteiger partial charge in [0.2, 0.25) is 5.95 Å². The van der Waals surface area contributed by atoms with Gasteiger partial charge in [0.05, 0.1) is 23.4 Å². The van der Waals surface area contributed by atoms with Gasteiger partial charge in [0.1, 0.15) is 16.8 Å². The number of aromatic amines is 1. The van der Waals surface area contributed by atoms with Crippen LogP contribution in [-0.2, 0) is 6.54 Å². The second-order valence-corrected chi connectivity index (χ2v) is 8.99. The monoisotopic (exact) mass is 502 g/mol. The molecule has 11 nitrogen and oxygen atoms in total. The van der Waals surface area contributed by atoms with E-state index in [1.54, 1.807) is 19.3 Å². The first-order valence-corrected chi connectivity index (χ1v) is 11.9. The van der Waals surface area contributed by atoms with Crippen LogP contribution in [0.4, 0.5) is 17.6 Å². The number of benzene rings is 1. The zero-order valence-corrected chi connectivity index (χ0v) is 20.3. The van der Waals surface area contributed by atoms with Gasteiger partial charge < -0.3 is 19.7 Å². The lowest BCUT2D eigenvalue weighted by molar-refractivity contribution is 0.249. The van der Waals surface area contributed by atoms with Crippen LogP contribution in [0, 0.1) is 6.92 Å². The molecule has 0 atom stereocenters. The predicted octanol–water partition coefficient (Wildman–Crippen LogP) is 3.83. The molecule has 0 amide bonds. The molecule has 2 N–H and O–H groups in total. The Morgan fingerprint density at radius 1 is 1.06 bits per heavy atom. The van der Waals surface area contributed by atoms with Crippen molar-refractivity contribution in [1.29, 1.82) is 0 Å². The van der Waals surface area contributed by atoms with Gasteiger partial charge in [-0.25, -0.2) is 15.0 Å². The van der Waals surface area contributed by atoms with Gasteiger partial charge in [-0.1, -0.05) is 16.8 Å². The summed E-state index contributed by atoms with van der Waals surface area (Å²) < 4.78 is 5.27. The standard InChI is InChI=1S/C24H23ClN10O/c1-15-28-23(36-33-15)17-2-3-18-19(11-17)30-24(29-18)32-21-10-16(4-5-27-21)14-34-6-8-35(9-7-34)22-13-26-12-20(25)31-22/h2-5,10-13H,6-9,14H2,1H3,(H2,27,29,30,32). The number of imidazole rings is 1. The maximum Gasteiger partial charge on any atom is 0.257 e. The lowest BCUT2D eigenvalue weighted by Gasteiger charge is -2.35. The fraction of sp³-hybridized carbons (Fsp3) is 0.250. The highest BCUT2D eigenvalue weighted by Crippen LogP contribution is 2.24. The number of fused-ring (bicyclic) bond motifs is 1. The van der Waals surface area contributed by atoms with E-state index in [1.165, 1.54) is 5.56 Å². The van der Waals surface area contributed by atoms with E-state index in [9.17, 15) is 0 Å². The Morgan fingerprint density at radius 3 is 2.75 bits per heavy atom. The third kappa shape index (κ3) is 4.83. The molecular weight excluding hydrogens is 480 g/mol. The highest BCUT2D eigenvalue weighted by Gasteiger charge is 2.19. The van der Waals surface area contributed by atoms with Crippen LogP contribution < -0.4 is 10.2 Å². The molecule has 0 radical (unpaired) electrons. The quantitative estimate of drug-likeness (QED) is 0.354. The third-order valence-corrected chi connectivity index (χ3v) is 6.20. The van der Waals surface area contributed by atoms with Gasteiger partial charge >= 0.3 is 0 Å². The minimum Gasteiger partial charge on any atom is -0.353 e. The second kappa shape index (κ2) is 9.51. The molecule has 12 heteroatoms. The van der Waals surface area contributed by atoms with Crippen LogP contribution in [0.2, 0.25) is 5.15 Å². The van der Waals surface area contributed by atoms with Crippen LogP contribution in [0.15, 0.2) is 53.4 Å². The van der Waals surface area contributed by atoms with Gasteiger partial charge in [-0.2, -0.15) is 4.98 Å². The van der Waals surface area contributed by atoms with Gasteiger partial charge in [-0.05, 0) is 42.8 Å². The van der Waals surface area contributed by atoms with E-state index < -0.39 is 0 Å². The topological polar surface area (TPSA) is 125 Å². The Hall–Kier alpha value is -4.09. The number of halogens is 1. The lowest BCUT2D eigenvalue weighted by Crippen LogP contribution is -2.46. The predicted molar refractivity (Wildman–Crippen MR) is 136 cm³/mol. The van der Waals surface area contributed by atoms with Crippen molar-refractivity contribution in [2.45, 2.75) is 13.5 Å². The molecule has 182 valence electrons. The Bertz CT molecular complexity index is 1510. The van der Waals surface area contributed by atoms with E-state index >= 15 is 0 Å². The normalized spacial score (nSPS) is 14.4. The molecule has 1 saturated heterocycles. The summed E-state index contributed by atoms with van der Waals surface area (Å²) in [6.45, 7) is 6.21. The number of hydrogen-bond acceptors (Lipinski definition) is 10. The number of nitrogens with zero attached hydrogens (tertiary/aromatic N) is 8. The lowest BCUT2D eigenvalue weighted by atomic mass is 10.2. The van der Waals surface area contributed by atoms with E-state index in [2.05, 4.69) is 56.2 Å². The van der Waals surface area contributed by atoms with Gasteiger partial charge in [0.15, 0.2) is 5.82 Å². The Morgan fingerprint density at radius 2 is 1.94 bits per heavy atom. The van der Waals surface area contributed by atoms with Crippen LogP contribution in [0.1, 0.15) is 11.4 Å². The summed E-state index contributed by atoms with van der Waals surface area (Å²) in [7, 11) is 0. The van der Waals surface area contributed by atoms with Gasteiger partial charge in [-0.3, -0.25) is 9.88 Å². The summed E-state index contributed by atoms with van der Waals surface area (Å²) in [5, 5.41) is 7.56. The van der Waals surface area contributed by atoms with E-state index in [0.717, 1.165) is 61.0 Å². The molecule has 4 aromatic heterocycles. The molecule has 1 aromatic carbocycles. The molecule has 0 aliphatic carbocycles. The zero-order chi connectivity index (χ0) is 24.5. The maximum atomic E-state index is 5.99. The molecule has 0 spiro atoms. The number of pyridine rings is 1. The molecule has 6 rings (SSSR count). The molecule has 5 heterocycles. The molecule has 5 aromatic rings. The van der Waals surface area contributed by atoms with Crippen molar-refractivity contribution in [3.8, 4) is 11.5 Å². The number of anilines is 3. The van der Waals surface area contributed by atoms with Crippen molar-refractivity contribution in [2.75, 3.05) is 36.4 Å². The molecule has 0 unspecified atom stereocenters. The second-order valence-electron chi connectivity index (χ2n) is 8.60. The smallest absolute Gasteiger partial charge is 0.257 e. The van der Waals surface area contributed by atoms with Crippen LogP contribution in [0.5, 0.6) is 0 Å². The van der Waals surface area contributed by atoms with E-state index in [1.807, 2.05) is 30.5 Å². The van der Waals surface area contributed by atoms with Crippen molar-refractivity contribution in [3.05, 3.63) is 65.5 Å². The summed E-state index contributed by atoms with van der Waals surface area (Å²) in [6.07, 6.45) is 5.12. The minimum atomic E-state index is 0.415. The molecule has 0 bridgehead atoms. The van der Waals surface area contributed by atoms with Crippen molar-refractivity contribution in [3.63, 3.8) is 0 Å². The van der Waals surface area contributed by atoms with Gasteiger partial charge in [-0.15, -0.1) is 0 Å². The largest absolute Gasteiger partial charge is 0.353 e. The van der Waals surface area contributed by atoms with Crippen LogP contribution >= 0.6 is 11.6 Å². The zero-order valence-electron chi connectivity index (χ0n) is 19.5. The fourth-order valence-corrected chi connectivity index (χ4v) is 4.40. The molecular formula is C24H23ClN10O. The molecule has 1 aliphatic heterocycles. The van der Waals surface area contributed by atoms with Gasteiger partial charge in [0.25, 0.3) is 5.89 Å². The number of hydrogen-bond donors (Lipinski definition) is 2. The average molecular weight is 503 g/mol. The van der Waals surface area contributed by atoms with E-state index in [4.69, 9.17) is 16.1 Å². The molecule has 0 saturated carbocycles. The summed E-state index contributed by atoms with van der Waals surface area (Å²) in [5.74, 6) is 3.24. The first-order chi connectivity index (χ1) is 17.6. The number of aromatic nitrogens is 7.